The molecule has 10 heteroatoms. The molecular weight excluding hydrogens is 633 g/mol. The predicted octanol–water partition coefficient (Wildman–Crippen LogP) is 7.68. The molecule has 0 atom stereocenters. The van der Waals surface area contributed by atoms with E-state index in [4.69, 9.17) is 19.2 Å². The second-order valence-corrected chi connectivity index (χ2v) is 19.4. The topological polar surface area (TPSA) is 86.1 Å². The molecule has 1 aliphatic heterocycles. The summed E-state index contributed by atoms with van der Waals surface area (Å²) in [5, 5.41) is 0. The lowest BCUT2D eigenvalue weighted by Gasteiger charge is -2.26. The van der Waals surface area contributed by atoms with Gasteiger partial charge in [0.15, 0.2) is 0 Å². The van der Waals surface area contributed by atoms with Crippen molar-refractivity contribution < 1.29 is 23.8 Å². The molecule has 254 valence electrons. The Morgan fingerprint density at radius 3 is 1.84 bits per heavy atom. The van der Waals surface area contributed by atoms with Crippen LogP contribution in [-0.2, 0) is 31.1 Å². The molecule has 0 bridgehead atoms. The number of hydrogen-bond acceptors (Lipinski definition) is 7. The molecule has 6 rings (SSSR count). The monoisotopic (exact) mass is 676 g/mol. The smallest absolute Gasteiger partial charge is 0.261 e. The van der Waals surface area contributed by atoms with E-state index in [1.165, 1.54) is 4.90 Å². The third-order valence-electron chi connectivity index (χ3n) is 8.92. The highest BCUT2D eigenvalue weighted by Gasteiger charge is 2.36. The number of fused-ring (bicyclic) bond motifs is 2. The van der Waals surface area contributed by atoms with Gasteiger partial charge in [-0.25, -0.2) is 4.98 Å². The number of amides is 2. The molecule has 0 saturated heterocycles. The summed E-state index contributed by atoms with van der Waals surface area (Å²) in [4.78, 5) is 35.6. The van der Waals surface area contributed by atoms with E-state index in [0.717, 1.165) is 56.8 Å². The number of benzene rings is 3. The number of aryl methyl sites for hydroxylation is 1. The van der Waals surface area contributed by atoms with Crippen LogP contribution in [0.3, 0.4) is 0 Å². The predicted molar refractivity (Wildman–Crippen MR) is 195 cm³/mol. The van der Waals surface area contributed by atoms with Crippen LogP contribution in [0.4, 0.5) is 5.82 Å². The van der Waals surface area contributed by atoms with Crippen LogP contribution in [-0.4, -0.2) is 55.2 Å². The number of carbonyl (C=O) groups is 2. The van der Waals surface area contributed by atoms with Crippen molar-refractivity contribution in [3.8, 4) is 11.5 Å². The zero-order valence-corrected chi connectivity index (χ0v) is 30.2. The van der Waals surface area contributed by atoms with Crippen LogP contribution in [0.25, 0.3) is 11.0 Å². The van der Waals surface area contributed by atoms with Gasteiger partial charge in [0.1, 0.15) is 24.0 Å². The lowest BCUT2D eigenvalue weighted by molar-refractivity contribution is 0.0621. The number of methoxy groups -OCH3 is 2. The Balaban J connectivity index is 1.38. The molecule has 9 nitrogen and oxygen atoms in total. The number of aromatic nitrogens is 2. The van der Waals surface area contributed by atoms with Gasteiger partial charge >= 0.3 is 0 Å². The fourth-order valence-electron chi connectivity index (χ4n) is 6.11. The number of carbonyl (C=O) groups excluding carboxylic acids is 2. The molecule has 2 amide bonds. The first-order chi connectivity index (χ1) is 23.5. The number of nitrogens with zero attached hydrogens (tertiary/aromatic N) is 4. The normalized spacial score (nSPS) is 12.9. The van der Waals surface area contributed by atoms with Gasteiger partial charge in [-0.05, 0) is 78.2 Å². The van der Waals surface area contributed by atoms with Gasteiger partial charge in [0.2, 0.25) is 0 Å². The lowest BCUT2D eigenvalue weighted by Crippen LogP contribution is -2.30. The summed E-state index contributed by atoms with van der Waals surface area (Å²) in [5.41, 5.74) is 6.58. The molecular formula is C39H44N4O5Si. The Bertz CT molecular complexity index is 1880. The van der Waals surface area contributed by atoms with E-state index in [1.54, 1.807) is 38.5 Å². The number of imide groups is 1. The third kappa shape index (κ3) is 7.55. The van der Waals surface area contributed by atoms with E-state index in [1.807, 2.05) is 30.3 Å². The van der Waals surface area contributed by atoms with Gasteiger partial charge in [-0.1, -0.05) is 56.0 Å². The Morgan fingerprint density at radius 1 is 0.776 bits per heavy atom. The van der Waals surface area contributed by atoms with Crippen molar-refractivity contribution in [2.75, 3.05) is 25.7 Å². The van der Waals surface area contributed by atoms with Gasteiger partial charge in [-0.15, -0.1) is 0 Å². The Kier molecular flexibility index (Phi) is 9.89. The van der Waals surface area contributed by atoms with Crippen LogP contribution in [0.2, 0.25) is 25.7 Å². The van der Waals surface area contributed by atoms with Crippen molar-refractivity contribution in [2.45, 2.75) is 59.0 Å². The van der Waals surface area contributed by atoms with Gasteiger partial charge < -0.3 is 23.7 Å². The molecule has 3 aromatic carbocycles. The standard InChI is InChI=1S/C39H44N4O5Si/c1-27-21-36-35(40-37(27)41(23-28-11-15-31(46-2)16-12-28)24-29-13-17-32(47-3)18-14-29)22-30(43(36)26-48-19-20-49(4,5)6)25-42-38(44)33-9-7-8-10-34(33)39(42)45/h7-18,21-22H,19-20,23-26H2,1-6H3. The zero-order chi connectivity index (χ0) is 34.7. The molecule has 5 aromatic rings. The molecule has 0 spiro atoms. The zero-order valence-electron chi connectivity index (χ0n) is 29.2. The van der Waals surface area contributed by atoms with Crippen LogP contribution < -0.4 is 14.4 Å². The van der Waals surface area contributed by atoms with E-state index >= 15 is 0 Å². The van der Waals surface area contributed by atoms with E-state index in [0.29, 0.717) is 37.6 Å². The molecule has 0 N–H and O–H groups in total. The number of pyridine rings is 1. The molecule has 0 aliphatic carbocycles. The lowest BCUT2D eigenvalue weighted by atomic mass is 10.1. The Hall–Kier alpha value is -4.93. The second-order valence-electron chi connectivity index (χ2n) is 13.7. The van der Waals surface area contributed by atoms with Crippen molar-refractivity contribution in [1.29, 1.82) is 0 Å². The van der Waals surface area contributed by atoms with Crippen LogP contribution in [0, 0.1) is 6.92 Å². The minimum atomic E-state index is -1.30. The summed E-state index contributed by atoms with van der Waals surface area (Å²) >= 11 is 0. The minimum Gasteiger partial charge on any atom is -0.497 e. The first-order valence-electron chi connectivity index (χ1n) is 16.6. The van der Waals surface area contributed by atoms with Crippen molar-refractivity contribution in [1.82, 2.24) is 14.5 Å². The molecule has 3 heterocycles. The van der Waals surface area contributed by atoms with Gasteiger partial charge in [-0.2, -0.15) is 0 Å². The molecule has 0 unspecified atom stereocenters. The Morgan fingerprint density at radius 2 is 1.33 bits per heavy atom. The molecule has 0 fully saturated rings. The molecule has 0 saturated carbocycles. The summed E-state index contributed by atoms with van der Waals surface area (Å²) < 4.78 is 19.1. The summed E-state index contributed by atoms with van der Waals surface area (Å²) in [7, 11) is 2.03. The van der Waals surface area contributed by atoms with E-state index < -0.39 is 8.07 Å². The minimum absolute atomic E-state index is 0.121. The van der Waals surface area contributed by atoms with Gasteiger partial charge in [0.25, 0.3) is 11.8 Å². The first kappa shape index (κ1) is 33.9. The van der Waals surface area contributed by atoms with Crippen LogP contribution in [0.5, 0.6) is 11.5 Å². The quantitative estimate of drug-likeness (QED) is 0.0678. The highest BCUT2D eigenvalue weighted by Crippen LogP contribution is 2.31. The third-order valence-corrected chi connectivity index (χ3v) is 10.6. The Labute approximate surface area is 289 Å². The van der Waals surface area contributed by atoms with Crippen LogP contribution in [0.1, 0.15) is 43.1 Å². The number of anilines is 1. The molecule has 49 heavy (non-hydrogen) atoms. The van der Waals surface area contributed by atoms with Crippen molar-refractivity contribution in [3.63, 3.8) is 0 Å². The summed E-state index contributed by atoms with van der Waals surface area (Å²) in [5.74, 6) is 1.89. The summed E-state index contributed by atoms with van der Waals surface area (Å²) in [6.07, 6.45) is 0. The second kappa shape index (κ2) is 14.3. The fourth-order valence-corrected chi connectivity index (χ4v) is 6.86. The summed E-state index contributed by atoms with van der Waals surface area (Å²) in [6, 6.07) is 28.3. The average Bonchev–Trinajstić information content (AvgIpc) is 3.55. The highest BCUT2D eigenvalue weighted by atomic mass is 28.3. The van der Waals surface area contributed by atoms with Crippen molar-refractivity contribution in [3.05, 3.63) is 118 Å². The van der Waals surface area contributed by atoms with Crippen molar-refractivity contribution >= 4 is 36.7 Å². The average molecular weight is 677 g/mol. The van der Waals surface area contributed by atoms with Gasteiger partial charge in [0, 0.05) is 33.5 Å². The maximum absolute atomic E-state index is 13.4. The molecule has 1 aliphatic rings. The van der Waals surface area contributed by atoms with E-state index in [-0.39, 0.29) is 18.4 Å². The first-order valence-corrected chi connectivity index (χ1v) is 20.3. The van der Waals surface area contributed by atoms with E-state index in [9.17, 15) is 9.59 Å². The maximum atomic E-state index is 13.4. The number of ether oxygens (including phenoxy) is 3. The molecule has 0 radical (unpaired) electrons. The van der Waals surface area contributed by atoms with Crippen LogP contribution in [0.15, 0.2) is 84.9 Å². The van der Waals surface area contributed by atoms with Gasteiger partial charge in [0.05, 0.1) is 42.9 Å². The number of rotatable bonds is 14. The SMILES string of the molecule is COc1ccc(CN(Cc2ccc(OC)cc2)c2nc3cc(CN4C(=O)c5ccccc5C4=O)n(COCC[Si](C)(C)C)c3cc2C)cc1. The number of hydrogen-bond donors (Lipinski definition) is 0. The van der Waals surface area contributed by atoms with Crippen LogP contribution >= 0.6 is 0 Å². The molecule has 2 aromatic heterocycles. The van der Waals surface area contributed by atoms with E-state index in [2.05, 4.69) is 66.4 Å². The van der Waals surface area contributed by atoms with Crippen molar-refractivity contribution in [2.24, 2.45) is 0 Å². The highest BCUT2D eigenvalue weighted by molar-refractivity contribution is 6.76. The summed E-state index contributed by atoms with van der Waals surface area (Å²) in [6.45, 7) is 11.4. The van der Waals surface area contributed by atoms with Gasteiger partial charge in [-0.3, -0.25) is 14.5 Å². The fraction of sp³-hybridized carbons (Fsp3) is 0.308. The maximum Gasteiger partial charge on any atom is 0.261 e. The largest absolute Gasteiger partial charge is 0.497 e.